The van der Waals surface area contributed by atoms with Crippen molar-refractivity contribution in [2.24, 2.45) is 0 Å². The number of halogens is 1. The van der Waals surface area contributed by atoms with Crippen LogP contribution in [-0.2, 0) is 16.1 Å². The van der Waals surface area contributed by atoms with E-state index in [1.165, 1.54) is 17.0 Å². The Hall–Kier alpha value is -2.73. The first kappa shape index (κ1) is 20.6. The highest BCUT2D eigenvalue weighted by atomic mass is 19.1. The molecule has 0 aliphatic carbocycles. The van der Waals surface area contributed by atoms with Gasteiger partial charge in [0.25, 0.3) is 0 Å². The summed E-state index contributed by atoms with van der Waals surface area (Å²) in [5, 5.41) is 11.7. The maximum Gasteiger partial charge on any atom is 0.247 e. The van der Waals surface area contributed by atoms with Gasteiger partial charge in [0, 0.05) is 19.5 Å². The van der Waals surface area contributed by atoms with Crippen LogP contribution in [0.1, 0.15) is 36.9 Å². The zero-order valence-corrected chi connectivity index (χ0v) is 15.4. The van der Waals surface area contributed by atoms with Gasteiger partial charge in [-0.3, -0.25) is 9.59 Å². The lowest BCUT2D eigenvalue weighted by Crippen LogP contribution is -2.44. The topological polar surface area (TPSA) is 69.6 Å². The summed E-state index contributed by atoms with van der Waals surface area (Å²) in [7, 11) is 0. The van der Waals surface area contributed by atoms with Crippen LogP contribution in [0.5, 0.6) is 0 Å². The number of carbonyl (C=O) groups excluding carboxylic acids is 2. The number of amides is 2. The van der Waals surface area contributed by atoms with Crippen LogP contribution in [0.4, 0.5) is 4.39 Å². The Morgan fingerprint density at radius 3 is 2.37 bits per heavy atom. The Labute approximate surface area is 158 Å². The van der Waals surface area contributed by atoms with E-state index >= 15 is 0 Å². The molecule has 2 amide bonds. The zero-order valence-electron chi connectivity index (χ0n) is 15.4. The van der Waals surface area contributed by atoms with Crippen molar-refractivity contribution in [1.82, 2.24) is 10.2 Å². The van der Waals surface area contributed by atoms with E-state index in [0.717, 1.165) is 5.56 Å². The fraction of sp³-hybridized carbons (Fsp3) is 0.333. The number of benzene rings is 2. The van der Waals surface area contributed by atoms with Crippen LogP contribution in [-0.4, -0.2) is 35.0 Å². The van der Waals surface area contributed by atoms with Crippen LogP contribution >= 0.6 is 0 Å². The van der Waals surface area contributed by atoms with Gasteiger partial charge in [-0.15, -0.1) is 0 Å². The first-order valence-electron chi connectivity index (χ1n) is 9.04. The number of nitrogens with one attached hydrogen (secondary N) is 1. The third-order valence-electron chi connectivity index (χ3n) is 4.14. The predicted molar refractivity (Wildman–Crippen MR) is 101 cm³/mol. The standard InChI is InChI=1S/C21H25FN2O3/c1-2-6-19(26)24(15-16-9-11-18(22)12-10-16)20(21(27)23-13-14-25)17-7-4-3-5-8-17/h3-5,7-12,20,25H,2,6,13-15H2,1H3,(H,23,27)/t20-/m0/s1. The third-order valence-corrected chi connectivity index (χ3v) is 4.14. The Balaban J connectivity index is 2.39. The largest absolute Gasteiger partial charge is 0.395 e. The lowest BCUT2D eigenvalue weighted by Gasteiger charge is -2.31. The highest BCUT2D eigenvalue weighted by Crippen LogP contribution is 2.25. The van der Waals surface area contributed by atoms with Gasteiger partial charge in [-0.2, -0.15) is 0 Å². The first-order valence-corrected chi connectivity index (χ1v) is 9.04. The van der Waals surface area contributed by atoms with E-state index in [1.807, 2.05) is 25.1 Å². The van der Waals surface area contributed by atoms with Crippen LogP contribution in [0.3, 0.4) is 0 Å². The Morgan fingerprint density at radius 2 is 1.78 bits per heavy atom. The number of hydrogen-bond donors (Lipinski definition) is 2. The van der Waals surface area contributed by atoms with Crippen LogP contribution in [0.2, 0.25) is 0 Å². The summed E-state index contributed by atoms with van der Waals surface area (Å²) in [6.07, 6.45) is 0.955. The summed E-state index contributed by atoms with van der Waals surface area (Å²) in [5.74, 6) is -0.873. The van der Waals surface area contributed by atoms with Crippen molar-refractivity contribution in [2.45, 2.75) is 32.4 Å². The molecule has 0 aliphatic rings. The van der Waals surface area contributed by atoms with Gasteiger partial charge in [-0.1, -0.05) is 49.4 Å². The molecule has 2 aromatic carbocycles. The van der Waals surface area contributed by atoms with Crippen molar-refractivity contribution in [1.29, 1.82) is 0 Å². The van der Waals surface area contributed by atoms with Gasteiger partial charge in [-0.05, 0) is 29.7 Å². The summed E-state index contributed by atoms with van der Waals surface area (Å²) in [4.78, 5) is 27.2. The van der Waals surface area contributed by atoms with Gasteiger partial charge in [0.05, 0.1) is 6.61 Å². The van der Waals surface area contributed by atoms with Crippen LogP contribution in [0.15, 0.2) is 54.6 Å². The fourth-order valence-corrected chi connectivity index (χ4v) is 2.85. The molecule has 5 nitrogen and oxygen atoms in total. The number of carbonyl (C=O) groups is 2. The fourth-order valence-electron chi connectivity index (χ4n) is 2.85. The second-order valence-electron chi connectivity index (χ2n) is 6.23. The maximum atomic E-state index is 13.2. The molecule has 0 saturated heterocycles. The van der Waals surface area contributed by atoms with Crippen LogP contribution < -0.4 is 5.32 Å². The molecule has 0 saturated carbocycles. The number of aliphatic hydroxyl groups is 1. The molecule has 1 atom stereocenters. The minimum Gasteiger partial charge on any atom is -0.395 e. The van der Waals surface area contributed by atoms with E-state index in [9.17, 15) is 14.0 Å². The predicted octanol–water partition coefficient (Wildman–Crippen LogP) is 2.80. The van der Waals surface area contributed by atoms with E-state index in [0.29, 0.717) is 18.4 Å². The van der Waals surface area contributed by atoms with Crippen molar-refractivity contribution in [3.8, 4) is 0 Å². The van der Waals surface area contributed by atoms with Gasteiger partial charge >= 0.3 is 0 Å². The molecular weight excluding hydrogens is 347 g/mol. The van der Waals surface area contributed by atoms with Gasteiger partial charge in [0.1, 0.15) is 11.9 Å². The quantitative estimate of drug-likeness (QED) is 0.711. The second-order valence-corrected chi connectivity index (χ2v) is 6.23. The van der Waals surface area contributed by atoms with E-state index in [1.54, 1.807) is 24.3 Å². The SMILES string of the molecule is CCCC(=O)N(Cc1ccc(F)cc1)[C@H](C(=O)NCCO)c1ccccc1. The summed E-state index contributed by atoms with van der Waals surface area (Å²) >= 11 is 0. The van der Waals surface area contributed by atoms with Crippen molar-refractivity contribution < 1.29 is 19.1 Å². The molecule has 2 N–H and O–H groups in total. The molecule has 0 heterocycles. The number of nitrogens with zero attached hydrogens (tertiary/aromatic N) is 1. The van der Waals surface area contributed by atoms with E-state index in [2.05, 4.69) is 5.32 Å². The number of aliphatic hydroxyl groups excluding tert-OH is 1. The average molecular weight is 372 g/mol. The monoisotopic (exact) mass is 372 g/mol. The van der Waals surface area contributed by atoms with Crippen molar-refractivity contribution >= 4 is 11.8 Å². The zero-order chi connectivity index (χ0) is 19.6. The van der Waals surface area contributed by atoms with E-state index in [-0.39, 0.29) is 37.3 Å². The van der Waals surface area contributed by atoms with Gasteiger partial charge in [0.2, 0.25) is 11.8 Å². The first-order chi connectivity index (χ1) is 13.1. The smallest absolute Gasteiger partial charge is 0.247 e. The molecule has 0 bridgehead atoms. The summed E-state index contributed by atoms with van der Waals surface area (Å²) in [6, 6.07) is 14.1. The molecule has 2 rings (SSSR count). The molecule has 0 unspecified atom stereocenters. The summed E-state index contributed by atoms with van der Waals surface area (Å²) in [5.41, 5.74) is 1.41. The molecule has 0 aliphatic heterocycles. The van der Waals surface area contributed by atoms with Gasteiger partial charge in [-0.25, -0.2) is 4.39 Å². The van der Waals surface area contributed by atoms with E-state index < -0.39 is 6.04 Å². The number of rotatable bonds is 9. The van der Waals surface area contributed by atoms with Crippen molar-refractivity contribution in [3.63, 3.8) is 0 Å². The molecular formula is C21H25FN2O3. The second kappa shape index (κ2) is 10.4. The summed E-state index contributed by atoms with van der Waals surface area (Å²) in [6.45, 7) is 2.01. The maximum absolute atomic E-state index is 13.2. The van der Waals surface area contributed by atoms with Crippen LogP contribution in [0, 0.1) is 5.82 Å². The average Bonchev–Trinajstić information content (AvgIpc) is 2.68. The lowest BCUT2D eigenvalue weighted by atomic mass is 10.0. The summed E-state index contributed by atoms with van der Waals surface area (Å²) < 4.78 is 13.2. The molecule has 0 fully saturated rings. The third kappa shape index (κ3) is 5.89. The molecule has 0 radical (unpaired) electrons. The molecule has 6 heteroatoms. The van der Waals surface area contributed by atoms with Gasteiger partial charge < -0.3 is 15.3 Å². The van der Waals surface area contributed by atoms with Crippen LogP contribution in [0.25, 0.3) is 0 Å². The van der Waals surface area contributed by atoms with Crippen molar-refractivity contribution in [3.05, 3.63) is 71.5 Å². The highest BCUT2D eigenvalue weighted by molar-refractivity contribution is 5.88. The Morgan fingerprint density at radius 1 is 1.11 bits per heavy atom. The normalized spacial score (nSPS) is 11.7. The van der Waals surface area contributed by atoms with E-state index in [4.69, 9.17) is 5.11 Å². The molecule has 0 aromatic heterocycles. The Kier molecular flexibility index (Phi) is 7.95. The van der Waals surface area contributed by atoms with Crippen molar-refractivity contribution in [2.75, 3.05) is 13.2 Å². The lowest BCUT2D eigenvalue weighted by molar-refractivity contribution is -0.141. The van der Waals surface area contributed by atoms with Gasteiger partial charge in [0.15, 0.2) is 0 Å². The minimum absolute atomic E-state index is 0.106. The molecule has 0 spiro atoms. The molecule has 144 valence electrons. The molecule has 27 heavy (non-hydrogen) atoms. The molecule has 2 aromatic rings. The minimum atomic E-state index is -0.832. The highest BCUT2D eigenvalue weighted by Gasteiger charge is 2.30. The Bertz CT molecular complexity index is 735. The number of hydrogen-bond acceptors (Lipinski definition) is 3.